The number of amides is 1. The maximum Gasteiger partial charge on any atom is 0.416 e. The molecule has 3 aromatic rings. The summed E-state index contributed by atoms with van der Waals surface area (Å²) in [6, 6.07) is 13.5. The van der Waals surface area contributed by atoms with E-state index >= 15 is 0 Å². The molecule has 0 spiro atoms. The smallest absolute Gasteiger partial charge is 0.334 e. The Bertz CT molecular complexity index is 1100. The number of carbonyl (C=O) groups excluding carboxylic acids is 1. The second-order valence-corrected chi connectivity index (χ2v) is 7.12. The summed E-state index contributed by atoms with van der Waals surface area (Å²) in [5.74, 6) is 4.96. The number of hydrogen-bond acceptors (Lipinski definition) is 6. The molecule has 0 aliphatic carbocycles. The quantitative estimate of drug-likeness (QED) is 0.456. The number of anilines is 1. The molecule has 0 atom stereocenters. The van der Waals surface area contributed by atoms with E-state index in [2.05, 4.69) is 15.5 Å². The van der Waals surface area contributed by atoms with Crippen molar-refractivity contribution in [1.82, 2.24) is 14.9 Å². The zero-order valence-corrected chi connectivity index (χ0v) is 16.2. The van der Waals surface area contributed by atoms with E-state index < -0.39 is 23.2 Å². The van der Waals surface area contributed by atoms with Crippen LogP contribution in [0.4, 0.5) is 18.9 Å². The van der Waals surface area contributed by atoms with Gasteiger partial charge >= 0.3 is 6.18 Å². The number of nitrogens with two attached hydrogens (primary N) is 1. The zero-order chi connectivity index (χ0) is 21.7. The first-order chi connectivity index (χ1) is 14.2. The first-order valence-electron chi connectivity index (χ1n) is 8.61. The van der Waals surface area contributed by atoms with E-state index in [0.29, 0.717) is 0 Å². The highest BCUT2D eigenvalue weighted by Crippen LogP contribution is 2.30. The van der Waals surface area contributed by atoms with Gasteiger partial charge in [0.1, 0.15) is 5.69 Å². The minimum atomic E-state index is -4.51. The molecule has 0 saturated heterocycles. The van der Waals surface area contributed by atoms with Crippen molar-refractivity contribution in [1.29, 1.82) is 0 Å². The number of carbonyl (C=O) groups is 1. The summed E-state index contributed by atoms with van der Waals surface area (Å²) in [6.45, 7) is 0. The number of aromatic nitrogens is 3. The molecule has 0 saturated carbocycles. The van der Waals surface area contributed by atoms with Crippen LogP contribution in [0.15, 0.2) is 64.5 Å². The third-order valence-electron chi connectivity index (χ3n) is 3.95. The Hall–Kier alpha value is -3.34. The molecule has 0 aliphatic rings. The van der Waals surface area contributed by atoms with Crippen molar-refractivity contribution >= 4 is 23.4 Å². The van der Waals surface area contributed by atoms with Gasteiger partial charge in [-0.3, -0.25) is 9.59 Å². The summed E-state index contributed by atoms with van der Waals surface area (Å²) in [4.78, 5) is 24.4. The summed E-state index contributed by atoms with van der Waals surface area (Å²) in [5.41, 5.74) is -0.394. The molecule has 156 valence electrons. The van der Waals surface area contributed by atoms with E-state index in [1.807, 2.05) is 30.3 Å². The molecule has 0 fully saturated rings. The topological polar surface area (TPSA) is 103 Å². The van der Waals surface area contributed by atoms with E-state index in [0.717, 1.165) is 34.1 Å². The summed E-state index contributed by atoms with van der Waals surface area (Å²) < 4.78 is 39.0. The van der Waals surface area contributed by atoms with Crippen LogP contribution in [0.1, 0.15) is 16.8 Å². The Morgan fingerprint density at radius 3 is 2.53 bits per heavy atom. The molecule has 7 nitrogen and oxygen atoms in total. The van der Waals surface area contributed by atoms with Gasteiger partial charge in [0.25, 0.3) is 5.56 Å². The number of benzene rings is 2. The predicted octanol–water partition coefficient (Wildman–Crippen LogP) is 2.69. The predicted molar refractivity (Wildman–Crippen MR) is 106 cm³/mol. The van der Waals surface area contributed by atoms with E-state index in [1.54, 1.807) is 0 Å². The highest BCUT2D eigenvalue weighted by molar-refractivity contribution is 7.99. The van der Waals surface area contributed by atoms with Crippen molar-refractivity contribution in [2.75, 3.05) is 16.9 Å². The van der Waals surface area contributed by atoms with Gasteiger partial charge in [0.15, 0.2) is 0 Å². The fraction of sp³-hybridized carbons (Fsp3) is 0.158. The van der Waals surface area contributed by atoms with E-state index in [4.69, 9.17) is 5.84 Å². The van der Waals surface area contributed by atoms with Crippen molar-refractivity contribution in [3.05, 3.63) is 81.8 Å². The summed E-state index contributed by atoms with van der Waals surface area (Å²) in [7, 11) is 0. The van der Waals surface area contributed by atoms with Crippen LogP contribution >= 0.6 is 11.8 Å². The van der Waals surface area contributed by atoms with Crippen LogP contribution in [0, 0.1) is 0 Å². The third-order valence-corrected chi connectivity index (χ3v) is 4.89. The van der Waals surface area contributed by atoms with Gasteiger partial charge in [0.05, 0.1) is 11.3 Å². The number of rotatable bonds is 6. The van der Waals surface area contributed by atoms with Crippen molar-refractivity contribution < 1.29 is 18.0 Å². The second kappa shape index (κ2) is 8.99. The number of halogens is 3. The lowest BCUT2D eigenvalue weighted by molar-refractivity contribution is -0.137. The average Bonchev–Trinajstić information content (AvgIpc) is 2.71. The Kier molecular flexibility index (Phi) is 6.40. The Morgan fingerprint density at radius 1 is 1.10 bits per heavy atom. The van der Waals surface area contributed by atoms with Crippen molar-refractivity contribution in [3.63, 3.8) is 0 Å². The molecule has 1 amide bonds. The first kappa shape index (κ1) is 21.4. The lowest BCUT2D eigenvalue weighted by atomic mass is 10.1. The molecular formula is C19H16F3N5O2S. The molecule has 30 heavy (non-hydrogen) atoms. The Morgan fingerprint density at radius 2 is 1.83 bits per heavy atom. The molecular weight excluding hydrogens is 419 g/mol. The normalized spacial score (nSPS) is 11.3. The summed E-state index contributed by atoms with van der Waals surface area (Å²) >= 11 is 0.843. The van der Waals surface area contributed by atoms with Gasteiger partial charge in [-0.1, -0.05) is 48.2 Å². The fourth-order valence-electron chi connectivity index (χ4n) is 2.52. The number of nitrogen functional groups attached to an aromatic ring is 1. The van der Waals surface area contributed by atoms with E-state index in [1.165, 1.54) is 12.1 Å². The largest absolute Gasteiger partial charge is 0.416 e. The van der Waals surface area contributed by atoms with E-state index in [-0.39, 0.29) is 28.7 Å². The minimum absolute atomic E-state index is 0.00450. The van der Waals surface area contributed by atoms with Crippen molar-refractivity contribution in [3.8, 4) is 0 Å². The molecule has 1 aromatic heterocycles. The number of nitrogens with one attached hydrogen (secondary N) is 1. The van der Waals surface area contributed by atoms with Gasteiger partial charge < -0.3 is 11.2 Å². The van der Waals surface area contributed by atoms with Gasteiger partial charge in [-0.15, -0.1) is 10.2 Å². The van der Waals surface area contributed by atoms with Crippen LogP contribution in [-0.4, -0.2) is 26.5 Å². The van der Waals surface area contributed by atoms with Crippen LogP contribution in [0.2, 0.25) is 0 Å². The lowest BCUT2D eigenvalue weighted by Crippen LogP contribution is -2.34. The van der Waals surface area contributed by atoms with Gasteiger partial charge in [0, 0.05) is 12.1 Å². The molecule has 3 rings (SSSR count). The molecule has 0 unspecified atom stereocenters. The maximum atomic E-state index is 12.7. The lowest BCUT2D eigenvalue weighted by Gasteiger charge is -2.10. The second-order valence-electron chi connectivity index (χ2n) is 6.18. The molecule has 0 radical (unpaired) electrons. The van der Waals surface area contributed by atoms with Crippen LogP contribution in [0.5, 0.6) is 0 Å². The standard InChI is InChI=1S/C19H16F3N5O2S/c20-19(21,22)13-7-4-8-14(10-13)24-16(28)11-30-18-26-25-15(17(29)27(18)23)9-12-5-2-1-3-6-12/h1-8,10H,9,11,23H2,(H,24,28). The molecule has 0 aliphatic heterocycles. The fourth-order valence-corrected chi connectivity index (χ4v) is 3.17. The third kappa shape index (κ3) is 5.38. The van der Waals surface area contributed by atoms with E-state index in [9.17, 15) is 22.8 Å². The van der Waals surface area contributed by atoms with Crippen LogP contribution in [-0.2, 0) is 17.4 Å². The van der Waals surface area contributed by atoms with Crippen molar-refractivity contribution in [2.45, 2.75) is 17.8 Å². The highest BCUT2D eigenvalue weighted by Gasteiger charge is 2.30. The maximum absolute atomic E-state index is 12.7. The van der Waals surface area contributed by atoms with Crippen LogP contribution in [0.3, 0.4) is 0 Å². The first-order valence-corrected chi connectivity index (χ1v) is 9.60. The summed E-state index contributed by atoms with van der Waals surface area (Å²) in [6.07, 6.45) is -4.26. The highest BCUT2D eigenvalue weighted by atomic mass is 32.2. The number of thioether (sulfide) groups is 1. The van der Waals surface area contributed by atoms with Gasteiger partial charge in [-0.2, -0.15) is 17.8 Å². The molecule has 3 N–H and O–H groups in total. The minimum Gasteiger partial charge on any atom is -0.334 e. The van der Waals surface area contributed by atoms with Gasteiger partial charge in [0.2, 0.25) is 11.1 Å². The van der Waals surface area contributed by atoms with Crippen LogP contribution < -0.4 is 16.7 Å². The Labute approximate surface area is 173 Å². The monoisotopic (exact) mass is 435 g/mol. The zero-order valence-electron chi connectivity index (χ0n) is 15.4. The molecule has 2 aromatic carbocycles. The molecule has 1 heterocycles. The van der Waals surface area contributed by atoms with Crippen molar-refractivity contribution in [2.24, 2.45) is 0 Å². The average molecular weight is 435 g/mol. The number of nitrogens with zero attached hydrogens (tertiary/aromatic N) is 3. The molecule has 11 heteroatoms. The summed E-state index contributed by atoms with van der Waals surface area (Å²) in [5, 5.41) is 10.2. The number of hydrogen-bond donors (Lipinski definition) is 2. The molecule has 0 bridgehead atoms. The SMILES string of the molecule is Nn1c(SCC(=O)Nc2cccc(C(F)(F)F)c2)nnc(Cc2ccccc2)c1=O. The van der Waals surface area contributed by atoms with Crippen LogP contribution in [0.25, 0.3) is 0 Å². The Balaban J connectivity index is 1.64. The number of alkyl halides is 3. The van der Waals surface area contributed by atoms with Gasteiger partial charge in [-0.05, 0) is 23.8 Å². The van der Waals surface area contributed by atoms with Gasteiger partial charge in [-0.25, -0.2) is 0 Å².